The van der Waals surface area contributed by atoms with Crippen LogP contribution in [0.15, 0.2) is 0 Å². The van der Waals surface area contributed by atoms with E-state index in [1.165, 1.54) is 13.8 Å². The van der Waals surface area contributed by atoms with Crippen molar-refractivity contribution < 1.29 is 45.0 Å². The van der Waals surface area contributed by atoms with Crippen LogP contribution in [0, 0.1) is 0 Å². The Morgan fingerprint density at radius 3 is 2.09 bits per heavy atom. The maximum Gasteiger partial charge on any atom is 0.323 e. The number of carbonyl (C=O) groups is 2. The Hall–Kier alpha value is -1.34. The summed E-state index contributed by atoms with van der Waals surface area (Å²) in [5.74, 6) is -1.64. The third-order valence-electron chi connectivity index (χ3n) is 3.07. The number of aliphatic hydroxyl groups excluding tert-OH is 5. The molecule has 23 heavy (non-hydrogen) atoms. The first kappa shape index (κ1) is 21.7. The fourth-order valence-electron chi connectivity index (χ4n) is 1.69. The molecule has 1 aliphatic heterocycles. The van der Waals surface area contributed by atoms with Crippen LogP contribution in [-0.4, -0.2) is 91.9 Å². The van der Waals surface area contributed by atoms with E-state index in [-0.39, 0.29) is 0 Å². The molecular weight excluding hydrogens is 316 g/mol. The summed E-state index contributed by atoms with van der Waals surface area (Å²) in [5.41, 5.74) is 4.91. The molecule has 7 atom stereocenters. The van der Waals surface area contributed by atoms with E-state index in [0.29, 0.717) is 0 Å². The number of hydrogen-bond donors (Lipinski definition) is 8. The molecule has 1 saturated heterocycles. The quantitative estimate of drug-likeness (QED) is 0.247. The molecule has 0 aromatic rings. The molecule has 1 aliphatic rings. The standard InChI is InChI=1S/C8H15NO6.C4H9NO3/c1-3(11)9-5-7(13)6(12)4(2-10)15-8(5)14;1-2(6)3(5)4(7)8/h4-8,10,12-14H,2H2,1H3,(H,9,11);2-3,6H,5H2,1H3,(H,7,8)/t4-,5-,6-,7-,8?;/m1./s1. The van der Waals surface area contributed by atoms with Crippen molar-refractivity contribution in [1.29, 1.82) is 0 Å². The topological polar surface area (TPSA) is 203 Å². The summed E-state index contributed by atoms with van der Waals surface area (Å²) in [6.45, 7) is 2.02. The summed E-state index contributed by atoms with van der Waals surface area (Å²) >= 11 is 0. The Kier molecular flexibility index (Phi) is 9.16. The van der Waals surface area contributed by atoms with E-state index in [4.69, 9.17) is 25.8 Å². The maximum absolute atomic E-state index is 10.7. The Balaban J connectivity index is 0.000000515. The van der Waals surface area contributed by atoms with E-state index >= 15 is 0 Å². The summed E-state index contributed by atoms with van der Waals surface area (Å²) in [7, 11) is 0. The van der Waals surface area contributed by atoms with Gasteiger partial charge in [-0.2, -0.15) is 0 Å². The molecule has 0 aliphatic carbocycles. The van der Waals surface area contributed by atoms with E-state index in [9.17, 15) is 24.9 Å². The zero-order chi connectivity index (χ0) is 18.3. The fourth-order valence-corrected chi connectivity index (χ4v) is 1.69. The van der Waals surface area contributed by atoms with Gasteiger partial charge in [-0.15, -0.1) is 0 Å². The second-order valence-electron chi connectivity index (χ2n) is 5.06. The first-order valence-electron chi connectivity index (χ1n) is 6.77. The largest absolute Gasteiger partial charge is 0.480 e. The van der Waals surface area contributed by atoms with Crippen LogP contribution in [0.3, 0.4) is 0 Å². The lowest BCUT2D eigenvalue weighted by molar-refractivity contribution is -0.253. The van der Waals surface area contributed by atoms with Gasteiger partial charge in [-0.1, -0.05) is 0 Å². The lowest BCUT2D eigenvalue weighted by atomic mass is 9.97. The molecule has 9 N–H and O–H groups in total. The van der Waals surface area contributed by atoms with E-state index in [2.05, 4.69) is 5.32 Å². The number of hydrogen-bond acceptors (Lipinski definition) is 9. The molecule has 136 valence electrons. The number of ether oxygens (including phenoxy) is 1. The maximum atomic E-state index is 10.7. The Morgan fingerprint density at radius 1 is 1.26 bits per heavy atom. The molecule has 11 heteroatoms. The predicted molar refractivity (Wildman–Crippen MR) is 74.9 cm³/mol. The van der Waals surface area contributed by atoms with Gasteiger partial charge in [0.05, 0.1) is 12.7 Å². The van der Waals surface area contributed by atoms with Gasteiger partial charge in [0.2, 0.25) is 5.91 Å². The van der Waals surface area contributed by atoms with Crippen LogP contribution < -0.4 is 11.1 Å². The minimum Gasteiger partial charge on any atom is -0.480 e. The highest BCUT2D eigenvalue weighted by molar-refractivity contribution is 5.73. The molecule has 0 radical (unpaired) electrons. The Bertz CT molecular complexity index is 393. The highest BCUT2D eigenvalue weighted by atomic mass is 16.6. The van der Waals surface area contributed by atoms with Crippen molar-refractivity contribution >= 4 is 11.9 Å². The van der Waals surface area contributed by atoms with Crippen molar-refractivity contribution in [3.05, 3.63) is 0 Å². The number of rotatable bonds is 4. The van der Waals surface area contributed by atoms with Crippen LogP contribution in [0.2, 0.25) is 0 Å². The Morgan fingerprint density at radius 2 is 1.78 bits per heavy atom. The molecule has 3 unspecified atom stereocenters. The third kappa shape index (κ3) is 6.74. The van der Waals surface area contributed by atoms with Crippen molar-refractivity contribution in [3.63, 3.8) is 0 Å². The summed E-state index contributed by atoms with van der Waals surface area (Å²) in [5, 5.41) is 55.9. The van der Waals surface area contributed by atoms with Crippen molar-refractivity contribution in [3.8, 4) is 0 Å². The summed E-state index contributed by atoms with van der Waals surface area (Å²) in [6.07, 6.45) is -6.22. The highest BCUT2D eigenvalue weighted by Crippen LogP contribution is 2.19. The average molecular weight is 340 g/mol. The molecule has 0 aromatic carbocycles. The zero-order valence-corrected chi connectivity index (χ0v) is 12.7. The van der Waals surface area contributed by atoms with E-state index < -0.39 is 61.3 Å². The van der Waals surface area contributed by atoms with Crippen LogP contribution in [0.25, 0.3) is 0 Å². The van der Waals surface area contributed by atoms with Crippen molar-refractivity contribution in [2.75, 3.05) is 6.61 Å². The van der Waals surface area contributed by atoms with Gasteiger partial charge in [0, 0.05) is 6.92 Å². The molecule has 1 rings (SSSR count). The lowest BCUT2D eigenvalue weighted by Gasteiger charge is -2.40. The van der Waals surface area contributed by atoms with Gasteiger partial charge in [-0.25, -0.2) is 0 Å². The second kappa shape index (κ2) is 9.72. The molecular formula is C12H24N2O9. The molecule has 0 aromatic heterocycles. The first-order valence-corrected chi connectivity index (χ1v) is 6.77. The molecule has 1 fully saturated rings. The number of carboxylic acid groups (broad SMARTS) is 1. The van der Waals surface area contributed by atoms with E-state index in [1.54, 1.807) is 0 Å². The highest BCUT2D eigenvalue weighted by Gasteiger charge is 2.43. The van der Waals surface area contributed by atoms with Gasteiger partial charge >= 0.3 is 5.97 Å². The van der Waals surface area contributed by atoms with Gasteiger partial charge in [0.25, 0.3) is 0 Å². The number of nitrogens with two attached hydrogens (primary N) is 1. The number of aliphatic carboxylic acids is 1. The normalized spacial score (nSPS) is 33.0. The number of nitrogens with one attached hydrogen (secondary N) is 1. The van der Waals surface area contributed by atoms with Crippen molar-refractivity contribution in [2.45, 2.75) is 56.6 Å². The van der Waals surface area contributed by atoms with Crippen molar-refractivity contribution in [1.82, 2.24) is 5.32 Å². The van der Waals surface area contributed by atoms with Gasteiger partial charge in [0.1, 0.15) is 30.4 Å². The molecule has 11 nitrogen and oxygen atoms in total. The van der Waals surface area contributed by atoms with Crippen LogP contribution >= 0.6 is 0 Å². The molecule has 1 heterocycles. The Labute approximate surface area is 132 Å². The van der Waals surface area contributed by atoms with Gasteiger partial charge in [-0.05, 0) is 6.92 Å². The molecule has 0 bridgehead atoms. The molecule has 1 amide bonds. The number of amides is 1. The van der Waals surface area contributed by atoms with Crippen LogP contribution in [0.1, 0.15) is 13.8 Å². The van der Waals surface area contributed by atoms with E-state index in [0.717, 1.165) is 0 Å². The number of carboxylic acids is 1. The molecule has 0 saturated carbocycles. The number of aliphatic hydroxyl groups is 5. The predicted octanol–water partition coefficient (Wildman–Crippen LogP) is -4.30. The van der Waals surface area contributed by atoms with Gasteiger partial charge in [-0.3, -0.25) is 9.59 Å². The lowest BCUT2D eigenvalue weighted by Crippen LogP contribution is -2.63. The fraction of sp³-hybridized carbons (Fsp3) is 0.833. The SMILES string of the molecule is CC(=O)N[C@H]1C(O)O[C@H](CO)[C@@H](O)[C@@H]1O.CC(O)C(N)C(=O)O. The minimum atomic E-state index is -1.45. The minimum absolute atomic E-state index is 0.462. The monoisotopic (exact) mass is 340 g/mol. The van der Waals surface area contributed by atoms with Crippen molar-refractivity contribution in [2.24, 2.45) is 5.73 Å². The number of carbonyl (C=O) groups excluding carboxylic acids is 1. The zero-order valence-electron chi connectivity index (χ0n) is 12.7. The molecule has 0 spiro atoms. The third-order valence-corrected chi connectivity index (χ3v) is 3.07. The van der Waals surface area contributed by atoms with Crippen LogP contribution in [-0.2, 0) is 14.3 Å². The smallest absolute Gasteiger partial charge is 0.323 e. The summed E-state index contributed by atoms with van der Waals surface area (Å²) < 4.78 is 4.81. The summed E-state index contributed by atoms with van der Waals surface area (Å²) in [6, 6.07) is -2.25. The first-order chi connectivity index (χ1) is 10.5. The van der Waals surface area contributed by atoms with Crippen LogP contribution in [0.5, 0.6) is 0 Å². The van der Waals surface area contributed by atoms with E-state index in [1.807, 2.05) is 0 Å². The van der Waals surface area contributed by atoms with Gasteiger partial charge < -0.3 is 46.4 Å². The van der Waals surface area contributed by atoms with Gasteiger partial charge in [0.15, 0.2) is 6.29 Å². The summed E-state index contributed by atoms with van der Waals surface area (Å²) in [4.78, 5) is 20.6. The van der Waals surface area contributed by atoms with Crippen LogP contribution in [0.4, 0.5) is 0 Å². The average Bonchev–Trinajstić information content (AvgIpc) is 2.46. The second-order valence-corrected chi connectivity index (χ2v) is 5.06.